The van der Waals surface area contributed by atoms with Crippen LogP contribution in [0.3, 0.4) is 0 Å². The molecule has 0 radical (unpaired) electrons. The number of ether oxygens (including phenoxy) is 1. The minimum atomic E-state index is -0.182. The minimum Gasteiger partial charge on any atom is -0.479 e. The molecule has 0 amide bonds. The summed E-state index contributed by atoms with van der Waals surface area (Å²) in [5, 5.41) is 4.65. The van der Waals surface area contributed by atoms with Gasteiger partial charge in [0.1, 0.15) is 17.3 Å². The van der Waals surface area contributed by atoms with Crippen LogP contribution >= 0.6 is 0 Å². The van der Waals surface area contributed by atoms with Crippen molar-refractivity contribution in [2.24, 2.45) is 0 Å². The number of imidazole rings is 1. The number of nitrogens with zero attached hydrogens (tertiary/aromatic N) is 6. The molecule has 0 unspecified atom stereocenters. The van der Waals surface area contributed by atoms with Gasteiger partial charge in [0.15, 0.2) is 5.82 Å². The summed E-state index contributed by atoms with van der Waals surface area (Å²) in [6, 6.07) is 9.30. The van der Waals surface area contributed by atoms with Gasteiger partial charge in [-0.15, -0.1) is 0 Å². The molecule has 1 atom stereocenters. The molecule has 0 N–H and O–H groups in total. The SMILES string of the molecule is COc1nc(/C=C/c2nc3n(n2)CCC[C@@H]3c2ccc(C)c(F)c2)ccc1-n1cnc(C)c1. The molecule has 1 aliphatic rings. The molecule has 1 aromatic carbocycles. The summed E-state index contributed by atoms with van der Waals surface area (Å²) in [7, 11) is 1.60. The van der Waals surface area contributed by atoms with E-state index in [0.29, 0.717) is 17.3 Å². The summed E-state index contributed by atoms with van der Waals surface area (Å²) in [5.41, 5.74) is 4.06. The molecular weight excluding hydrogens is 419 g/mol. The fourth-order valence-electron chi connectivity index (χ4n) is 4.18. The molecule has 7 nitrogen and oxygen atoms in total. The number of hydrogen-bond donors (Lipinski definition) is 0. The summed E-state index contributed by atoms with van der Waals surface area (Å²) < 4.78 is 23.5. The molecule has 0 bridgehead atoms. The van der Waals surface area contributed by atoms with Crippen LogP contribution in [-0.4, -0.2) is 36.4 Å². The van der Waals surface area contributed by atoms with Gasteiger partial charge < -0.3 is 9.30 Å². The van der Waals surface area contributed by atoms with Crippen LogP contribution in [0.15, 0.2) is 42.9 Å². The van der Waals surface area contributed by atoms with Gasteiger partial charge in [-0.3, -0.25) is 0 Å². The van der Waals surface area contributed by atoms with E-state index in [1.165, 1.54) is 0 Å². The van der Waals surface area contributed by atoms with Crippen molar-refractivity contribution < 1.29 is 9.13 Å². The van der Waals surface area contributed by atoms with Gasteiger partial charge >= 0.3 is 0 Å². The topological polar surface area (TPSA) is 70.7 Å². The highest BCUT2D eigenvalue weighted by molar-refractivity contribution is 5.65. The van der Waals surface area contributed by atoms with Crippen LogP contribution in [-0.2, 0) is 6.54 Å². The number of aryl methyl sites for hydroxylation is 3. The van der Waals surface area contributed by atoms with Crippen LogP contribution in [0.1, 0.15) is 52.9 Å². The molecule has 1 aliphatic heterocycles. The summed E-state index contributed by atoms with van der Waals surface area (Å²) >= 11 is 0. The molecule has 0 aliphatic carbocycles. The first-order chi connectivity index (χ1) is 16.0. The van der Waals surface area contributed by atoms with Crippen LogP contribution < -0.4 is 4.74 Å². The van der Waals surface area contributed by atoms with E-state index in [1.54, 1.807) is 26.4 Å². The number of hydrogen-bond acceptors (Lipinski definition) is 5. The molecule has 4 aromatic rings. The number of benzene rings is 1. The Hall–Kier alpha value is -3.81. The quantitative estimate of drug-likeness (QED) is 0.446. The Morgan fingerprint density at radius 3 is 2.76 bits per heavy atom. The van der Waals surface area contributed by atoms with Gasteiger partial charge in [0, 0.05) is 18.7 Å². The molecule has 3 aromatic heterocycles. The van der Waals surface area contributed by atoms with E-state index < -0.39 is 0 Å². The van der Waals surface area contributed by atoms with E-state index >= 15 is 0 Å². The molecule has 5 rings (SSSR count). The maximum atomic E-state index is 14.1. The van der Waals surface area contributed by atoms with Gasteiger partial charge in [-0.2, -0.15) is 5.10 Å². The predicted octanol–water partition coefficient (Wildman–Crippen LogP) is 4.72. The standard InChI is InChI=1S/C25H25FN6O/c1-16-6-7-18(13-21(16)26)20-5-4-12-32-24(20)29-23(30-32)11-9-19-8-10-22(25(28-19)33-3)31-14-17(2)27-15-31/h6-11,13-15,20H,4-5,12H2,1-3H3/b11-9+/t20-/m1/s1. The Kier molecular flexibility index (Phi) is 5.50. The second-order valence-corrected chi connectivity index (χ2v) is 8.27. The van der Waals surface area contributed by atoms with Gasteiger partial charge in [0.2, 0.25) is 5.88 Å². The molecule has 4 heterocycles. The number of methoxy groups -OCH3 is 1. The van der Waals surface area contributed by atoms with Crippen molar-refractivity contribution in [3.63, 3.8) is 0 Å². The molecule has 0 spiro atoms. The van der Waals surface area contributed by atoms with Crippen molar-refractivity contribution >= 4 is 12.2 Å². The summed E-state index contributed by atoms with van der Waals surface area (Å²) in [5.74, 6) is 1.85. The van der Waals surface area contributed by atoms with Gasteiger partial charge in [-0.25, -0.2) is 24.0 Å². The first-order valence-electron chi connectivity index (χ1n) is 11.0. The lowest BCUT2D eigenvalue weighted by molar-refractivity contribution is 0.395. The number of fused-ring (bicyclic) bond motifs is 1. The molecule has 8 heteroatoms. The van der Waals surface area contributed by atoms with Crippen molar-refractivity contribution in [1.29, 1.82) is 0 Å². The largest absolute Gasteiger partial charge is 0.479 e. The smallest absolute Gasteiger partial charge is 0.238 e. The van der Waals surface area contributed by atoms with Gasteiger partial charge in [0.05, 0.1) is 24.8 Å². The van der Waals surface area contributed by atoms with E-state index in [0.717, 1.165) is 47.8 Å². The number of pyridine rings is 1. The number of aromatic nitrogens is 6. The molecule has 168 valence electrons. The predicted molar refractivity (Wildman–Crippen MR) is 124 cm³/mol. The van der Waals surface area contributed by atoms with E-state index in [9.17, 15) is 4.39 Å². The monoisotopic (exact) mass is 444 g/mol. The van der Waals surface area contributed by atoms with Crippen LogP contribution in [0.4, 0.5) is 4.39 Å². The Bertz CT molecular complexity index is 1340. The summed E-state index contributed by atoms with van der Waals surface area (Å²) in [4.78, 5) is 13.6. The first kappa shape index (κ1) is 21.1. The summed E-state index contributed by atoms with van der Waals surface area (Å²) in [6.45, 7) is 4.52. The van der Waals surface area contributed by atoms with Gasteiger partial charge in [0.25, 0.3) is 0 Å². The Morgan fingerprint density at radius 1 is 1.12 bits per heavy atom. The van der Waals surface area contributed by atoms with Crippen molar-refractivity contribution in [3.8, 4) is 11.6 Å². The van der Waals surface area contributed by atoms with E-state index in [-0.39, 0.29) is 11.7 Å². The van der Waals surface area contributed by atoms with Crippen molar-refractivity contribution in [3.05, 3.63) is 82.8 Å². The van der Waals surface area contributed by atoms with Crippen LogP contribution in [0.5, 0.6) is 5.88 Å². The zero-order valence-electron chi connectivity index (χ0n) is 18.9. The Balaban J connectivity index is 1.41. The fraction of sp³-hybridized carbons (Fsp3) is 0.280. The maximum Gasteiger partial charge on any atom is 0.238 e. The lowest BCUT2D eigenvalue weighted by Crippen LogP contribution is -2.18. The van der Waals surface area contributed by atoms with E-state index in [2.05, 4.69) is 15.1 Å². The average molecular weight is 445 g/mol. The second-order valence-electron chi connectivity index (χ2n) is 8.27. The van der Waals surface area contributed by atoms with Crippen molar-refractivity contribution in [2.45, 2.75) is 39.2 Å². The highest BCUT2D eigenvalue weighted by Gasteiger charge is 2.26. The maximum absolute atomic E-state index is 14.1. The molecule has 0 fully saturated rings. The first-order valence-corrected chi connectivity index (χ1v) is 11.0. The Labute approximate surface area is 191 Å². The van der Waals surface area contributed by atoms with Gasteiger partial charge in [-0.1, -0.05) is 12.1 Å². The zero-order valence-corrected chi connectivity index (χ0v) is 18.9. The lowest BCUT2D eigenvalue weighted by atomic mass is 9.90. The number of rotatable bonds is 5. The normalized spacial score (nSPS) is 15.7. The highest BCUT2D eigenvalue weighted by atomic mass is 19.1. The highest BCUT2D eigenvalue weighted by Crippen LogP contribution is 2.33. The molecule has 0 saturated carbocycles. The van der Waals surface area contributed by atoms with Crippen LogP contribution in [0, 0.1) is 19.7 Å². The third-order valence-electron chi connectivity index (χ3n) is 5.94. The second kappa shape index (κ2) is 8.61. The average Bonchev–Trinajstić information content (AvgIpc) is 3.45. The number of halogens is 1. The summed E-state index contributed by atoms with van der Waals surface area (Å²) in [6.07, 6.45) is 9.28. The van der Waals surface area contributed by atoms with E-state index in [1.807, 2.05) is 58.8 Å². The lowest BCUT2D eigenvalue weighted by Gasteiger charge is -2.22. The van der Waals surface area contributed by atoms with Crippen LogP contribution in [0.2, 0.25) is 0 Å². The van der Waals surface area contributed by atoms with Crippen molar-refractivity contribution in [1.82, 2.24) is 29.3 Å². The fourth-order valence-corrected chi connectivity index (χ4v) is 4.18. The third kappa shape index (κ3) is 4.16. The molecule has 33 heavy (non-hydrogen) atoms. The van der Waals surface area contributed by atoms with Crippen LogP contribution in [0.25, 0.3) is 17.8 Å². The van der Waals surface area contributed by atoms with Crippen molar-refractivity contribution in [2.75, 3.05) is 7.11 Å². The Morgan fingerprint density at radius 2 is 2.00 bits per heavy atom. The minimum absolute atomic E-state index is 0.0413. The molecule has 0 saturated heterocycles. The zero-order chi connectivity index (χ0) is 22.9. The van der Waals surface area contributed by atoms with Gasteiger partial charge in [-0.05, 0) is 68.2 Å². The third-order valence-corrected chi connectivity index (χ3v) is 5.94. The molecular formula is C25H25FN6O. The van der Waals surface area contributed by atoms with E-state index in [4.69, 9.17) is 9.72 Å².